The molecular formula is C31H43F5O11S. The molecule has 0 aromatic heterocycles. The van der Waals surface area contributed by atoms with Crippen LogP contribution < -0.4 is 0 Å². The van der Waals surface area contributed by atoms with E-state index < -0.39 is 63.6 Å². The van der Waals surface area contributed by atoms with Crippen molar-refractivity contribution in [3.05, 3.63) is 0 Å². The fraction of sp³-hybridized carbons (Fsp3) is 0.871. The lowest BCUT2D eigenvalue weighted by molar-refractivity contribution is -0.259. The molecule has 0 amide bonds. The maximum absolute atomic E-state index is 13.9. The summed E-state index contributed by atoms with van der Waals surface area (Å²) in [4.78, 5) is 47.7. The zero-order valence-electron chi connectivity index (χ0n) is 27.1. The Hall–Kier alpha value is -2.56. The van der Waals surface area contributed by atoms with Crippen LogP contribution in [0.1, 0.15) is 85.5 Å². The van der Waals surface area contributed by atoms with Gasteiger partial charge in [-0.25, -0.2) is 0 Å². The lowest BCUT2D eigenvalue weighted by Gasteiger charge is -2.64. The fourth-order valence-electron chi connectivity index (χ4n) is 10.1. The molecule has 0 aliphatic heterocycles. The van der Waals surface area contributed by atoms with E-state index in [9.17, 15) is 49.5 Å². The van der Waals surface area contributed by atoms with Gasteiger partial charge in [0.05, 0.1) is 0 Å². The molecule has 0 heterocycles. The van der Waals surface area contributed by atoms with Gasteiger partial charge in [0.25, 0.3) is 19.0 Å². The molecule has 11 nitrogen and oxygen atoms in total. The fourth-order valence-corrected chi connectivity index (χ4v) is 10.5. The van der Waals surface area contributed by atoms with E-state index in [1.165, 1.54) is 6.92 Å². The summed E-state index contributed by atoms with van der Waals surface area (Å²) in [6, 6.07) is 0. The first-order valence-electron chi connectivity index (χ1n) is 16.1. The molecule has 0 spiro atoms. The molecule has 4 aliphatic rings. The number of ether oxygens (including phenoxy) is 4. The van der Waals surface area contributed by atoms with Crippen molar-refractivity contribution in [2.24, 2.45) is 46.3 Å². The second-order valence-electron chi connectivity index (χ2n) is 14.5. The molecular weight excluding hydrogens is 675 g/mol. The normalized spacial score (nSPS) is 37.9. The molecule has 48 heavy (non-hydrogen) atoms. The van der Waals surface area contributed by atoms with E-state index in [0.717, 1.165) is 6.42 Å². The largest absolute Gasteiger partial charge is 0.464 e. The third-order valence-electron chi connectivity index (χ3n) is 12.2. The van der Waals surface area contributed by atoms with Gasteiger partial charge in [-0.2, -0.15) is 30.4 Å². The quantitative estimate of drug-likeness (QED) is 0.0923. The highest BCUT2D eigenvalue weighted by molar-refractivity contribution is 7.86. The minimum Gasteiger partial charge on any atom is -0.464 e. The van der Waals surface area contributed by atoms with Crippen molar-refractivity contribution in [2.75, 3.05) is 0 Å². The summed E-state index contributed by atoms with van der Waals surface area (Å²) in [5.41, 5.74) is -0.969. The molecule has 0 aromatic rings. The Balaban J connectivity index is 1.56. The zero-order chi connectivity index (χ0) is 36.0. The summed E-state index contributed by atoms with van der Waals surface area (Å²) in [5.74, 6) is -3.03. The van der Waals surface area contributed by atoms with E-state index >= 15 is 0 Å². The van der Waals surface area contributed by atoms with Crippen LogP contribution in [0.2, 0.25) is 0 Å². The van der Waals surface area contributed by atoms with Crippen LogP contribution in [0.3, 0.4) is 0 Å². The van der Waals surface area contributed by atoms with Crippen LogP contribution in [-0.2, 0) is 48.2 Å². The van der Waals surface area contributed by atoms with Gasteiger partial charge in [-0.1, -0.05) is 20.8 Å². The van der Waals surface area contributed by atoms with Gasteiger partial charge in [0, 0.05) is 24.7 Å². The van der Waals surface area contributed by atoms with Crippen molar-refractivity contribution in [3.63, 3.8) is 0 Å². The van der Waals surface area contributed by atoms with Gasteiger partial charge < -0.3 is 18.9 Å². The van der Waals surface area contributed by atoms with Gasteiger partial charge in [0.2, 0.25) is 0 Å². The first kappa shape index (κ1) is 38.2. The van der Waals surface area contributed by atoms with Crippen molar-refractivity contribution in [1.29, 1.82) is 0 Å². The lowest BCUT2D eigenvalue weighted by atomic mass is 9.43. The highest BCUT2D eigenvalue weighted by Gasteiger charge is 2.68. The molecule has 2 unspecified atom stereocenters. The van der Waals surface area contributed by atoms with E-state index in [-0.39, 0.29) is 53.5 Å². The van der Waals surface area contributed by atoms with Gasteiger partial charge in [0.15, 0.2) is 0 Å². The number of hydrogen-bond donors (Lipinski definition) is 1. The third kappa shape index (κ3) is 6.91. The number of hydrogen-bond acceptors (Lipinski definition) is 10. The number of fused-ring (bicyclic) bond motifs is 5. The van der Waals surface area contributed by atoms with Crippen LogP contribution in [0.25, 0.3) is 0 Å². The summed E-state index contributed by atoms with van der Waals surface area (Å²) >= 11 is 0. The summed E-state index contributed by atoms with van der Waals surface area (Å²) in [7, 11) is -6.57. The standard InChI is InChI=1S/C31H43F5O11S/c1-16(5-8-25(40)47-27(30(32,33)34)31(35,36)48(41,42)43)20-6-7-21-26-22(13-24(45-15-38)29(20,21)4)28(3)10-9-19(46-17(2)39)11-18(28)12-23(26)44-14-37/h14-16,18-24,26-27H,5-13H2,1-4H3,(H,41,42,43)/t16?,18-,19+,20+,21-,22-,23+,24-,26-,27?,28-,29+/m0/s1. The second-order valence-corrected chi connectivity index (χ2v) is 16.0. The molecule has 0 bridgehead atoms. The molecule has 0 radical (unpaired) electrons. The third-order valence-corrected chi connectivity index (χ3v) is 13.1. The highest BCUT2D eigenvalue weighted by atomic mass is 32.2. The molecule has 12 atom stereocenters. The van der Waals surface area contributed by atoms with Crippen molar-refractivity contribution in [3.8, 4) is 0 Å². The van der Waals surface area contributed by atoms with Crippen LogP contribution in [0, 0.1) is 46.3 Å². The Morgan fingerprint density at radius 3 is 2.19 bits per heavy atom. The summed E-state index contributed by atoms with van der Waals surface area (Å²) < 4.78 is 119. The van der Waals surface area contributed by atoms with Crippen LogP contribution in [0.5, 0.6) is 0 Å². The van der Waals surface area contributed by atoms with Crippen molar-refractivity contribution >= 4 is 35.0 Å². The number of halogens is 5. The average molecular weight is 719 g/mol. The minimum absolute atomic E-state index is 0.0321. The van der Waals surface area contributed by atoms with E-state index in [1.807, 2.05) is 6.92 Å². The Morgan fingerprint density at radius 1 is 0.979 bits per heavy atom. The van der Waals surface area contributed by atoms with Crippen LogP contribution in [0.4, 0.5) is 22.0 Å². The molecule has 17 heteroatoms. The molecule has 274 valence electrons. The monoisotopic (exact) mass is 718 g/mol. The molecule has 4 rings (SSSR count). The Bertz CT molecular complexity index is 1340. The molecule has 4 saturated carbocycles. The first-order valence-corrected chi connectivity index (χ1v) is 17.5. The van der Waals surface area contributed by atoms with Gasteiger partial charge in [-0.05, 0) is 86.4 Å². The molecule has 4 fully saturated rings. The van der Waals surface area contributed by atoms with E-state index in [2.05, 4.69) is 11.7 Å². The summed E-state index contributed by atoms with van der Waals surface area (Å²) in [6.45, 7) is 8.01. The topological polar surface area (TPSA) is 160 Å². The molecule has 4 aliphatic carbocycles. The van der Waals surface area contributed by atoms with E-state index in [0.29, 0.717) is 51.5 Å². The summed E-state index contributed by atoms with van der Waals surface area (Å²) in [5, 5.41) is -5.83. The predicted octanol–water partition coefficient (Wildman–Crippen LogP) is 5.25. The summed E-state index contributed by atoms with van der Waals surface area (Å²) in [6.07, 6.45) is -8.50. The van der Waals surface area contributed by atoms with Crippen molar-refractivity contribution in [2.45, 2.75) is 121 Å². The number of carbonyl (C=O) groups is 4. The van der Waals surface area contributed by atoms with Gasteiger partial charge in [-0.3, -0.25) is 23.7 Å². The number of carbonyl (C=O) groups excluding carboxylic acids is 4. The minimum atomic E-state index is -6.57. The predicted molar refractivity (Wildman–Crippen MR) is 154 cm³/mol. The van der Waals surface area contributed by atoms with Crippen LogP contribution in [-0.4, -0.2) is 73.7 Å². The lowest BCUT2D eigenvalue weighted by Crippen LogP contribution is -2.63. The molecule has 1 N–H and O–H groups in total. The van der Waals surface area contributed by atoms with Gasteiger partial charge >= 0.3 is 33.5 Å². The van der Waals surface area contributed by atoms with Gasteiger partial charge in [-0.15, -0.1) is 0 Å². The maximum Gasteiger partial charge on any atom is 0.432 e. The Kier molecular flexibility index (Phi) is 10.9. The average Bonchev–Trinajstić information content (AvgIpc) is 3.32. The second kappa shape index (κ2) is 13.6. The number of esters is 2. The number of rotatable bonds is 12. The van der Waals surface area contributed by atoms with E-state index in [1.54, 1.807) is 6.92 Å². The highest BCUT2D eigenvalue weighted by Crippen LogP contribution is 2.69. The SMILES string of the molecule is CC(=O)O[C@@H]1CC[C@@]2(C)[C@@H](C1)C[C@@H](OC=O)[C@@H]1[C@@H]2C[C@H](OC=O)[C@]2(C)[C@@H](C(C)CCC(=O)OC(C(F)(F)F)C(F)(F)S(=O)(=O)O)CC[C@@H]12. The zero-order valence-corrected chi connectivity index (χ0v) is 27.9. The Labute approximate surface area is 275 Å². The molecule has 0 aromatic carbocycles. The van der Waals surface area contributed by atoms with Crippen LogP contribution in [0.15, 0.2) is 0 Å². The van der Waals surface area contributed by atoms with Gasteiger partial charge in [0.1, 0.15) is 18.3 Å². The van der Waals surface area contributed by atoms with Crippen molar-refractivity contribution < 1.29 is 73.0 Å². The molecule has 0 saturated heterocycles. The maximum atomic E-state index is 13.9. The smallest absolute Gasteiger partial charge is 0.432 e. The van der Waals surface area contributed by atoms with Crippen LogP contribution >= 0.6 is 0 Å². The van der Waals surface area contributed by atoms with Crippen molar-refractivity contribution in [1.82, 2.24) is 0 Å². The Morgan fingerprint density at radius 2 is 1.62 bits per heavy atom. The number of alkyl halides is 5. The first-order chi connectivity index (χ1) is 22.1. The van der Waals surface area contributed by atoms with E-state index in [4.69, 9.17) is 18.8 Å².